The molecule has 1 fully saturated rings. The van der Waals surface area contributed by atoms with Crippen LogP contribution in [0.4, 0.5) is 11.6 Å². The number of nitrogens with one attached hydrogen (secondary N) is 1. The molecular weight excluding hydrogens is 384 g/mol. The van der Waals surface area contributed by atoms with Gasteiger partial charge in [0, 0.05) is 38.1 Å². The molecule has 0 spiro atoms. The fourth-order valence-electron chi connectivity index (χ4n) is 3.38. The second kappa shape index (κ2) is 7.56. The number of benzene rings is 1. The zero-order valence-electron chi connectivity index (χ0n) is 16.4. The highest BCUT2D eigenvalue weighted by Gasteiger charge is 2.18. The molecule has 5 rings (SSSR count). The summed E-state index contributed by atoms with van der Waals surface area (Å²) < 4.78 is 8.75. The number of nitrogens with zero attached hydrogens (tertiary/aromatic N) is 7. The monoisotopic (exact) mass is 404 g/mol. The Morgan fingerprint density at radius 1 is 1.07 bits per heavy atom. The molecule has 1 saturated heterocycles. The first-order valence-electron chi connectivity index (χ1n) is 9.61. The third kappa shape index (κ3) is 3.48. The van der Waals surface area contributed by atoms with E-state index in [1.807, 2.05) is 42.4 Å². The molecule has 0 atom stereocenters. The third-order valence-electron chi connectivity index (χ3n) is 4.93. The summed E-state index contributed by atoms with van der Waals surface area (Å²) in [6.07, 6.45) is 6.99. The lowest BCUT2D eigenvalue weighted by molar-refractivity contribution is 0.0303. The van der Waals surface area contributed by atoms with Crippen LogP contribution >= 0.6 is 0 Å². The predicted octanol–water partition coefficient (Wildman–Crippen LogP) is 1.76. The first kappa shape index (κ1) is 18.3. The molecule has 30 heavy (non-hydrogen) atoms. The van der Waals surface area contributed by atoms with E-state index in [9.17, 15) is 4.79 Å². The summed E-state index contributed by atoms with van der Waals surface area (Å²) in [7, 11) is 1.85. The van der Waals surface area contributed by atoms with Crippen molar-refractivity contribution in [2.75, 3.05) is 31.6 Å². The van der Waals surface area contributed by atoms with Crippen LogP contribution in [0.2, 0.25) is 0 Å². The topological polar surface area (TPSA) is 103 Å². The van der Waals surface area contributed by atoms with E-state index in [2.05, 4.69) is 25.5 Å². The van der Waals surface area contributed by atoms with Crippen LogP contribution < -0.4 is 5.32 Å². The Labute approximate surface area is 172 Å². The highest BCUT2D eigenvalue weighted by molar-refractivity contribution is 5.94. The van der Waals surface area contributed by atoms with Gasteiger partial charge < -0.3 is 15.0 Å². The number of fused-ring (bicyclic) bond motifs is 1. The number of hydrogen-bond donors (Lipinski definition) is 1. The number of anilines is 2. The Balaban J connectivity index is 1.41. The van der Waals surface area contributed by atoms with Crippen molar-refractivity contribution in [3.05, 3.63) is 54.6 Å². The lowest BCUT2D eigenvalue weighted by atomic mass is 10.1. The van der Waals surface area contributed by atoms with E-state index in [0.717, 1.165) is 16.8 Å². The molecule has 1 aliphatic heterocycles. The maximum atomic E-state index is 12.6. The summed E-state index contributed by atoms with van der Waals surface area (Å²) >= 11 is 0. The van der Waals surface area contributed by atoms with E-state index < -0.39 is 0 Å². The van der Waals surface area contributed by atoms with Crippen molar-refractivity contribution >= 4 is 28.6 Å². The van der Waals surface area contributed by atoms with Crippen LogP contribution in [-0.4, -0.2) is 66.6 Å². The van der Waals surface area contributed by atoms with Crippen molar-refractivity contribution in [3.63, 3.8) is 0 Å². The molecule has 0 radical (unpaired) electrons. The van der Waals surface area contributed by atoms with Crippen LogP contribution in [0.3, 0.4) is 0 Å². The van der Waals surface area contributed by atoms with Crippen LogP contribution in [0.15, 0.2) is 49.1 Å². The smallest absolute Gasteiger partial charge is 0.254 e. The van der Waals surface area contributed by atoms with Crippen LogP contribution in [-0.2, 0) is 11.8 Å². The van der Waals surface area contributed by atoms with Crippen molar-refractivity contribution in [1.82, 2.24) is 34.4 Å². The Morgan fingerprint density at radius 2 is 1.87 bits per heavy atom. The third-order valence-corrected chi connectivity index (χ3v) is 4.93. The first-order valence-corrected chi connectivity index (χ1v) is 9.61. The van der Waals surface area contributed by atoms with Gasteiger partial charge in [-0.15, -0.1) is 0 Å². The molecule has 4 heterocycles. The minimum absolute atomic E-state index is 0.0143. The highest BCUT2D eigenvalue weighted by atomic mass is 16.5. The Morgan fingerprint density at radius 3 is 2.60 bits per heavy atom. The predicted molar refractivity (Wildman–Crippen MR) is 110 cm³/mol. The molecule has 10 heteroatoms. The summed E-state index contributed by atoms with van der Waals surface area (Å²) in [5.41, 5.74) is 2.93. The fraction of sp³-hybridized carbons (Fsp3) is 0.250. The summed E-state index contributed by atoms with van der Waals surface area (Å²) in [4.78, 5) is 23.4. The second-order valence-electron chi connectivity index (χ2n) is 7.01. The molecule has 0 aliphatic carbocycles. The molecule has 0 unspecified atom stereocenters. The van der Waals surface area contributed by atoms with Crippen LogP contribution in [0.25, 0.3) is 16.7 Å². The minimum atomic E-state index is 0.0143. The number of carbonyl (C=O) groups is 1. The van der Waals surface area contributed by atoms with E-state index >= 15 is 0 Å². The van der Waals surface area contributed by atoms with Crippen LogP contribution in [0, 0.1) is 0 Å². The number of rotatable bonds is 4. The van der Waals surface area contributed by atoms with Crippen molar-refractivity contribution in [2.45, 2.75) is 0 Å². The largest absolute Gasteiger partial charge is 0.378 e. The van der Waals surface area contributed by atoms with Crippen molar-refractivity contribution < 1.29 is 9.53 Å². The van der Waals surface area contributed by atoms with Gasteiger partial charge in [0.2, 0.25) is 5.95 Å². The first-order chi connectivity index (χ1) is 14.7. The number of amides is 1. The second-order valence-corrected chi connectivity index (χ2v) is 7.01. The van der Waals surface area contributed by atoms with Crippen molar-refractivity contribution in [2.24, 2.45) is 7.05 Å². The molecule has 1 aromatic carbocycles. The van der Waals surface area contributed by atoms with E-state index in [4.69, 9.17) is 4.74 Å². The highest BCUT2D eigenvalue weighted by Crippen LogP contribution is 2.20. The molecule has 152 valence electrons. The van der Waals surface area contributed by atoms with Gasteiger partial charge in [-0.05, 0) is 24.3 Å². The maximum Gasteiger partial charge on any atom is 0.254 e. The molecule has 1 amide bonds. The van der Waals surface area contributed by atoms with Gasteiger partial charge in [-0.2, -0.15) is 15.2 Å². The van der Waals surface area contributed by atoms with Crippen LogP contribution in [0.5, 0.6) is 0 Å². The zero-order valence-corrected chi connectivity index (χ0v) is 16.4. The van der Waals surface area contributed by atoms with Gasteiger partial charge in [0.1, 0.15) is 0 Å². The Bertz CT molecular complexity index is 1190. The lowest BCUT2D eigenvalue weighted by Crippen LogP contribution is -2.40. The molecule has 0 bridgehead atoms. The summed E-state index contributed by atoms with van der Waals surface area (Å²) in [5, 5.41) is 12.5. The minimum Gasteiger partial charge on any atom is -0.378 e. The summed E-state index contributed by atoms with van der Waals surface area (Å²) in [6.45, 7) is 2.40. The van der Waals surface area contributed by atoms with E-state index in [1.54, 1.807) is 28.0 Å². The standard InChI is InChI=1S/C20H20N8O2/c1-26-13-16(12-22-26)24-20-21-10-15-11-23-28(18(15)25-20)17-4-2-14(3-5-17)19(29)27-6-8-30-9-7-27/h2-5,10-13H,6-9H2,1H3,(H,21,24,25). The van der Waals surface area contributed by atoms with Gasteiger partial charge in [0.15, 0.2) is 5.65 Å². The number of morpholine rings is 1. The Hall–Kier alpha value is -3.79. The quantitative estimate of drug-likeness (QED) is 0.553. The van der Waals surface area contributed by atoms with Gasteiger partial charge in [-0.1, -0.05) is 0 Å². The van der Waals surface area contributed by atoms with Crippen molar-refractivity contribution in [1.29, 1.82) is 0 Å². The lowest BCUT2D eigenvalue weighted by Gasteiger charge is -2.26. The average Bonchev–Trinajstić information content (AvgIpc) is 3.39. The number of ether oxygens (including phenoxy) is 1. The summed E-state index contributed by atoms with van der Waals surface area (Å²) in [6, 6.07) is 7.38. The van der Waals surface area contributed by atoms with Gasteiger partial charge in [-0.3, -0.25) is 9.48 Å². The van der Waals surface area contributed by atoms with E-state index in [1.165, 1.54) is 0 Å². The van der Waals surface area contributed by atoms with Gasteiger partial charge in [-0.25, -0.2) is 9.67 Å². The van der Waals surface area contributed by atoms with Gasteiger partial charge in [0.25, 0.3) is 5.91 Å². The number of hydrogen-bond acceptors (Lipinski definition) is 7. The van der Waals surface area contributed by atoms with E-state index in [0.29, 0.717) is 43.5 Å². The maximum absolute atomic E-state index is 12.6. The SMILES string of the molecule is Cn1cc(Nc2ncc3cnn(-c4ccc(C(=O)N5CCOCC5)cc4)c3n2)cn1. The molecule has 1 aliphatic rings. The van der Waals surface area contributed by atoms with Crippen molar-refractivity contribution in [3.8, 4) is 5.69 Å². The zero-order chi connectivity index (χ0) is 20.5. The van der Waals surface area contributed by atoms with Gasteiger partial charge in [0.05, 0.1) is 42.4 Å². The number of aromatic nitrogens is 6. The van der Waals surface area contributed by atoms with E-state index in [-0.39, 0.29) is 5.91 Å². The molecule has 3 aromatic heterocycles. The average molecular weight is 404 g/mol. The molecule has 1 N–H and O–H groups in total. The molecule has 10 nitrogen and oxygen atoms in total. The van der Waals surface area contributed by atoms with Crippen LogP contribution in [0.1, 0.15) is 10.4 Å². The molecule has 0 saturated carbocycles. The number of aryl methyl sites for hydroxylation is 1. The fourth-order valence-corrected chi connectivity index (χ4v) is 3.38. The molecule has 4 aromatic rings. The van der Waals surface area contributed by atoms with Gasteiger partial charge >= 0.3 is 0 Å². The normalized spacial score (nSPS) is 14.2. The number of carbonyl (C=O) groups excluding carboxylic acids is 1. The summed E-state index contributed by atoms with van der Waals surface area (Å²) in [5.74, 6) is 0.469. The Kier molecular flexibility index (Phi) is 4.60. The molecular formula is C20H20N8O2.